The Labute approximate surface area is 309 Å². The molecule has 9 aromatic rings. The third-order valence-electron chi connectivity index (χ3n) is 12.3. The topological polar surface area (TPSA) is 16.4 Å². The summed E-state index contributed by atoms with van der Waals surface area (Å²) in [5.41, 5.74) is 16.6. The van der Waals surface area contributed by atoms with Gasteiger partial charge in [0.2, 0.25) is 0 Å². The van der Waals surface area contributed by atoms with Gasteiger partial charge >= 0.3 is 0 Å². The molecule has 2 aliphatic rings. The SMILES string of the molecule is CC1(C)c2ccc3c(oc4cccc(N(c5ccccc5)c5ccc(C6(C)c7ccccc7-c7ccccc76)cc5)c43)c2-c2ccc3ccccc3c21. The van der Waals surface area contributed by atoms with E-state index in [1.54, 1.807) is 0 Å². The van der Waals surface area contributed by atoms with Crippen molar-refractivity contribution in [3.63, 3.8) is 0 Å². The van der Waals surface area contributed by atoms with E-state index < -0.39 is 0 Å². The fourth-order valence-corrected chi connectivity index (χ4v) is 9.85. The van der Waals surface area contributed by atoms with Crippen LogP contribution in [0.25, 0.3) is 55.0 Å². The zero-order valence-corrected chi connectivity index (χ0v) is 30.0. The fourth-order valence-electron chi connectivity index (χ4n) is 9.85. The van der Waals surface area contributed by atoms with Gasteiger partial charge in [0, 0.05) is 33.2 Å². The van der Waals surface area contributed by atoms with Crippen molar-refractivity contribution in [1.29, 1.82) is 0 Å². The number of anilines is 3. The summed E-state index contributed by atoms with van der Waals surface area (Å²) in [5, 5.41) is 4.84. The Hall–Kier alpha value is -6.38. The molecule has 252 valence electrons. The smallest absolute Gasteiger partial charge is 0.143 e. The van der Waals surface area contributed by atoms with Crippen molar-refractivity contribution < 1.29 is 4.42 Å². The second kappa shape index (κ2) is 10.8. The maximum Gasteiger partial charge on any atom is 0.143 e. The van der Waals surface area contributed by atoms with Crippen LogP contribution in [-0.2, 0) is 10.8 Å². The molecule has 0 saturated carbocycles. The Balaban J connectivity index is 1.11. The van der Waals surface area contributed by atoms with Crippen molar-refractivity contribution in [2.75, 3.05) is 4.90 Å². The summed E-state index contributed by atoms with van der Waals surface area (Å²) in [6, 6.07) is 62.2. The van der Waals surface area contributed by atoms with Crippen molar-refractivity contribution >= 4 is 49.8 Å². The van der Waals surface area contributed by atoms with E-state index in [1.165, 1.54) is 60.8 Å². The molecule has 2 nitrogen and oxygen atoms in total. The lowest BCUT2D eigenvalue weighted by Gasteiger charge is -2.30. The van der Waals surface area contributed by atoms with Crippen LogP contribution in [0.15, 0.2) is 174 Å². The molecule has 0 aliphatic heterocycles. The highest BCUT2D eigenvalue weighted by molar-refractivity contribution is 6.18. The van der Waals surface area contributed by atoms with Gasteiger partial charge in [-0.1, -0.05) is 147 Å². The maximum atomic E-state index is 6.96. The van der Waals surface area contributed by atoms with Crippen molar-refractivity contribution in [1.82, 2.24) is 0 Å². The highest BCUT2D eigenvalue weighted by atomic mass is 16.3. The van der Waals surface area contributed by atoms with E-state index in [-0.39, 0.29) is 10.8 Å². The molecule has 1 heterocycles. The molecule has 0 fully saturated rings. The first kappa shape index (κ1) is 30.3. The summed E-state index contributed by atoms with van der Waals surface area (Å²) >= 11 is 0. The lowest BCUT2D eigenvalue weighted by atomic mass is 9.74. The van der Waals surface area contributed by atoms with Crippen molar-refractivity contribution in [2.24, 2.45) is 0 Å². The zero-order chi connectivity index (χ0) is 35.5. The van der Waals surface area contributed by atoms with Crippen molar-refractivity contribution in [3.05, 3.63) is 198 Å². The quantitative estimate of drug-likeness (QED) is 0.184. The molecular formula is C51H37NO. The van der Waals surface area contributed by atoms with Crippen molar-refractivity contribution in [2.45, 2.75) is 31.6 Å². The van der Waals surface area contributed by atoms with E-state index in [4.69, 9.17) is 4.42 Å². The minimum absolute atomic E-state index is 0.156. The summed E-state index contributed by atoms with van der Waals surface area (Å²) in [6.07, 6.45) is 0. The second-order valence-corrected chi connectivity index (χ2v) is 15.4. The van der Waals surface area contributed by atoms with Crippen LogP contribution in [-0.4, -0.2) is 0 Å². The van der Waals surface area contributed by atoms with Crippen LogP contribution in [0, 0.1) is 0 Å². The van der Waals surface area contributed by atoms with Crippen molar-refractivity contribution in [3.8, 4) is 22.3 Å². The number of para-hydroxylation sites is 1. The monoisotopic (exact) mass is 679 g/mol. The van der Waals surface area contributed by atoms with Gasteiger partial charge in [0.15, 0.2) is 0 Å². The fraction of sp³-hybridized carbons (Fsp3) is 0.0980. The molecule has 2 heteroatoms. The number of benzene rings is 8. The molecule has 2 aliphatic carbocycles. The second-order valence-electron chi connectivity index (χ2n) is 15.4. The lowest BCUT2D eigenvalue weighted by molar-refractivity contribution is 0.656. The van der Waals surface area contributed by atoms with E-state index in [9.17, 15) is 0 Å². The highest BCUT2D eigenvalue weighted by Gasteiger charge is 2.41. The van der Waals surface area contributed by atoms with E-state index in [1.807, 2.05) is 0 Å². The molecule has 0 radical (unpaired) electrons. The first-order chi connectivity index (χ1) is 25.9. The third kappa shape index (κ3) is 4.04. The Kier molecular flexibility index (Phi) is 6.18. The van der Waals surface area contributed by atoms with E-state index in [0.717, 1.165) is 39.0 Å². The number of nitrogens with zero attached hydrogens (tertiary/aromatic N) is 1. The average molecular weight is 680 g/mol. The maximum absolute atomic E-state index is 6.96. The Morgan fingerprint density at radius 3 is 1.89 bits per heavy atom. The number of rotatable bonds is 4. The summed E-state index contributed by atoms with van der Waals surface area (Å²) in [4.78, 5) is 2.39. The Bertz CT molecular complexity index is 2880. The molecule has 0 amide bonds. The summed E-state index contributed by atoms with van der Waals surface area (Å²) in [5.74, 6) is 0. The molecule has 1 aromatic heterocycles. The Morgan fingerprint density at radius 1 is 0.472 bits per heavy atom. The summed E-state index contributed by atoms with van der Waals surface area (Å²) < 4.78 is 6.96. The van der Waals surface area contributed by atoms with Crippen LogP contribution in [0.3, 0.4) is 0 Å². The van der Waals surface area contributed by atoms with E-state index >= 15 is 0 Å². The van der Waals surface area contributed by atoms with Crippen LogP contribution >= 0.6 is 0 Å². The van der Waals surface area contributed by atoms with Gasteiger partial charge in [0.05, 0.1) is 11.1 Å². The predicted octanol–water partition coefficient (Wildman–Crippen LogP) is 13.8. The summed E-state index contributed by atoms with van der Waals surface area (Å²) in [7, 11) is 0. The minimum Gasteiger partial charge on any atom is -0.455 e. The number of fused-ring (bicyclic) bond motifs is 12. The molecule has 8 aromatic carbocycles. The van der Waals surface area contributed by atoms with Gasteiger partial charge < -0.3 is 9.32 Å². The molecular weight excluding hydrogens is 643 g/mol. The van der Waals surface area contributed by atoms with Gasteiger partial charge in [0.1, 0.15) is 11.2 Å². The van der Waals surface area contributed by atoms with E-state index in [0.29, 0.717) is 0 Å². The molecule has 0 bridgehead atoms. The molecule has 0 saturated heterocycles. The van der Waals surface area contributed by atoms with Crippen LogP contribution in [0.2, 0.25) is 0 Å². The lowest BCUT2D eigenvalue weighted by Crippen LogP contribution is -2.22. The molecule has 0 N–H and O–H groups in total. The number of hydrogen-bond donors (Lipinski definition) is 0. The normalized spacial score (nSPS) is 14.6. The summed E-state index contributed by atoms with van der Waals surface area (Å²) in [6.45, 7) is 7.09. The van der Waals surface area contributed by atoms with Crippen LogP contribution in [0.1, 0.15) is 48.6 Å². The number of furan rings is 1. The largest absolute Gasteiger partial charge is 0.455 e. The van der Waals surface area contributed by atoms with Crippen LogP contribution in [0.5, 0.6) is 0 Å². The van der Waals surface area contributed by atoms with Gasteiger partial charge in [-0.05, 0) is 98.6 Å². The van der Waals surface area contributed by atoms with Gasteiger partial charge in [-0.2, -0.15) is 0 Å². The highest BCUT2D eigenvalue weighted by Crippen LogP contribution is 2.56. The van der Waals surface area contributed by atoms with Gasteiger partial charge in [-0.15, -0.1) is 0 Å². The molecule has 0 atom stereocenters. The predicted molar refractivity (Wildman–Crippen MR) is 221 cm³/mol. The standard InChI is InChI=1S/C51H37NO/c1-50(2)43-31-30-40-47-44(22-13-23-45(47)53-49(40)46(43)39-29-24-32-14-7-8-17-36(32)48(39)50)52(34-15-5-4-6-16-34)35-27-25-33(26-28-35)51(3)41-20-11-9-18-37(41)38-19-10-12-21-42(38)51/h4-31H,1-3H3. The van der Waals surface area contributed by atoms with Gasteiger partial charge in [0.25, 0.3) is 0 Å². The molecule has 11 rings (SSSR count). The van der Waals surface area contributed by atoms with Crippen LogP contribution in [0.4, 0.5) is 17.1 Å². The molecule has 53 heavy (non-hydrogen) atoms. The minimum atomic E-state index is -0.250. The number of hydrogen-bond acceptors (Lipinski definition) is 2. The zero-order valence-electron chi connectivity index (χ0n) is 30.0. The Morgan fingerprint density at radius 2 is 1.13 bits per heavy atom. The first-order valence-electron chi connectivity index (χ1n) is 18.6. The van der Waals surface area contributed by atoms with Crippen LogP contribution < -0.4 is 4.90 Å². The first-order valence-corrected chi connectivity index (χ1v) is 18.6. The third-order valence-corrected chi connectivity index (χ3v) is 12.3. The average Bonchev–Trinajstić information content (AvgIpc) is 3.80. The van der Waals surface area contributed by atoms with Gasteiger partial charge in [-0.3, -0.25) is 0 Å². The van der Waals surface area contributed by atoms with E-state index in [2.05, 4.69) is 196 Å². The van der Waals surface area contributed by atoms with Gasteiger partial charge in [-0.25, -0.2) is 0 Å². The molecule has 0 spiro atoms. The molecule has 0 unspecified atom stereocenters.